The first kappa shape index (κ1) is 15.8. The molecular formula is C17H21N3O2. The maximum absolute atomic E-state index is 11.7. The van der Waals surface area contributed by atoms with Crippen LogP contribution in [0, 0.1) is 0 Å². The van der Waals surface area contributed by atoms with E-state index in [0.717, 1.165) is 18.4 Å². The summed E-state index contributed by atoms with van der Waals surface area (Å²) in [7, 11) is 1.56. The molecule has 0 radical (unpaired) electrons. The molecule has 2 aromatic rings. The molecule has 2 amide bonds. The number of amides is 2. The van der Waals surface area contributed by atoms with E-state index >= 15 is 0 Å². The first-order chi connectivity index (χ1) is 10.8. The van der Waals surface area contributed by atoms with Crippen LogP contribution in [0.15, 0.2) is 48.7 Å². The Morgan fingerprint density at radius 2 is 1.95 bits per heavy atom. The fraction of sp³-hybridized carbons (Fsp3) is 0.294. The van der Waals surface area contributed by atoms with Crippen molar-refractivity contribution in [2.24, 2.45) is 0 Å². The number of pyridine rings is 1. The molecule has 0 saturated heterocycles. The van der Waals surface area contributed by atoms with Crippen LogP contribution < -0.4 is 15.4 Å². The number of carbonyl (C=O) groups excluding carboxylic acids is 1. The van der Waals surface area contributed by atoms with Crippen LogP contribution in [0.1, 0.15) is 17.5 Å². The summed E-state index contributed by atoms with van der Waals surface area (Å²) in [6, 6.07) is 13.7. The summed E-state index contributed by atoms with van der Waals surface area (Å²) in [5.74, 6) is 0.534. The number of aromatic nitrogens is 1. The number of nitrogens with zero attached hydrogens (tertiary/aromatic N) is 1. The molecule has 2 rings (SSSR count). The van der Waals surface area contributed by atoms with Crippen molar-refractivity contribution in [1.29, 1.82) is 0 Å². The molecule has 0 aliphatic heterocycles. The zero-order valence-corrected chi connectivity index (χ0v) is 12.7. The molecule has 116 valence electrons. The molecule has 1 aromatic heterocycles. The van der Waals surface area contributed by atoms with E-state index in [2.05, 4.69) is 27.8 Å². The van der Waals surface area contributed by atoms with Crippen molar-refractivity contribution < 1.29 is 9.53 Å². The summed E-state index contributed by atoms with van der Waals surface area (Å²) in [6.07, 6.45) is 3.52. The molecule has 1 heterocycles. The van der Waals surface area contributed by atoms with E-state index in [1.165, 1.54) is 5.56 Å². The van der Waals surface area contributed by atoms with Gasteiger partial charge >= 0.3 is 6.03 Å². The molecule has 0 spiro atoms. The van der Waals surface area contributed by atoms with Gasteiger partial charge in [-0.15, -0.1) is 0 Å². The van der Waals surface area contributed by atoms with E-state index in [0.29, 0.717) is 19.0 Å². The van der Waals surface area contributed by atoms with Gasteiger partial charge in [-0.1, -0.05) is 36.4 Å². The zero-order valence-electron chi connectivity index (χ0n) is 12.7. The number of hydrogen-bond acceptors (Lipinski definition) is 3. The van der Waals surface area contributed by atoms with E-state index < -0.39 is 0 Å². The first-order valence-electron chi connectivity index (χ1n) is 7.33. The molecular weight excluding hydrogens is 278 g/mol. The molecule has 0 atom stereocenters. The lowest BCUT2D eigenvalue weighted by molar-refractivity contribution is 0.240. The molecule has 0 bridgehead atoms. The molecule has 5 nitrogen and oxygen atoms in total. The standard InChI is InChI=1S/C17H21N3O2/c1-22-16-15(10-6-11-18-16)13-20-17(21)19-12-5-9-14-7-3-2-4-8-14/h2-4,6-8,10-11H,5,9,12-13H2,1H3,(H2,19,20,21). The Bertz CT molecular complexity index is 587. The van der Waals surface area contributed by atoms with Crippen LogP contribution in [-0.4, -0.2) is 24.7 Å². The number of aryl methyl sites for hydroxylation is 1. The Labute approximate surface area is 130 Å². The largest absolute Gasteiger partial charge is 0.481 e. The fourth-order valence-electron chi connectivity index (χ4n) is 2.12. The quantitative estimate of drug-likeness (QED) is 0.772. The van der Waals surface area contributed by atoms with Crippen molar-refractivity contribution in [2.45, 2.75) is 19.4 Å². The first-order valence-corrected chi connectivity index (χ1v) is 7.33. The van der Waals surface area contributed by atoms with Gasteiger partial charge in [0.25, 0.3) is 0 Å². The third-order valence-electron chi connectivity index (χ3n) is 3.25. The van der Waals surface area contributed by atoms with Crippen molar-refractivity contribution in [2.75, 3.05) is 13.7 Å². The second-order valence-electron chi connectivity index (χ2n) is 4.87. The molecule has 2 N–H and O–H groups in total. The predicted octanol–water partition coefficient (Wildman–Crippen LogP) is 2.52. The normalized spacial score (nSPS) is 10.0. The Morgan fingerprint density at radius 1 is 1.14 bits per heavy atom. The highest BCUT2D eigenvalue weighted by Crippen LogP contribution is 2.12. The topological polar surface area (TPSA) is 63.2 Å². The Hall–Kier alpha value is -2.56. The molecule has 0 fully saturated rings. The summed E-state index contributed by atoms with van der Waals surface area (Å²) in [5.41, 5.74) is 2.13. The highest BCUT2D eigenvalue weighted by molar-refractivity contribution is 5.73. The average molecular weight is 299 g/mol. The van der Waals surface area contributed by atoms with Crippen molar-refractivity contribution in [1.82, 2.24) is 15.6 Å². The molecule has 5 heteroatoms. The Morgan fingerprint density at radius 3 is 2.73 bits per heavy atom. The van der Waals surface area contributed by atoms with Gasteiger partial charge in [0.1, 0.15) is 0 Å². The second-order valence-corrected chi connectivity index (χ2v) is 4.87. The van der Waals surface area contributed by atoms with Gasteiger partial charge in [-0.3, -0.25) is 0 Å². The summed E-state index contributed by atoms with van der Waals surface area (Å²) in [6.45, 7) is 1.03. The molecule has 0 aliphatic rings. The predicted molar refractivity (Wildman–Crippen MR) is 85.8 cm³/mol. The van der Waals surface area contributed by atoms with Crippen molar-refractivity contribution >= 4 is 6.03 Å². The van der Waals surface area contributed by atoms with Gasteiger partial charge in [0.05, 0.1) is 7.11 Å². The molecule has 0 aliphatic carbocycles. The monoisotopic (exact) mass is 299 g/mol. The van der Waals surface area contributed by atoms with Crippen LogP contribution in [0.25, 0.3) is 0 Å². The molecule has 0 unspecified atom stereocenters. The van der Waals surface area contributed by atoms with Crippen molar-refractivity contribution in [3.63, 3.8) is 0 Å². The van der Waals surface area contributed by atoms with Gasteiger partial charge in [-0.25, -0.2) is 9.78 Å². The van der Waals surface area contributed by atoms with E-state index in [9.17, 15) is 4.79 Å². The van der Waals surface area contributed by atoms with Gasteiger partial charge in [-0.05, 0) is 24.5 Å². The average Bonchev–Trinajstić information content (AvgIpc) is 2.58. The minimum Gasteiger partial charge on any atom is -0.481 e. The maximum atomic E-state index is 11.7. The van der Waals surface area contributed by atoms with E-state index in [1.807, 2.05) is 30.3 Å². The lowest BCUT2D eigenvalue weighted by Crippen LogP contribution is -2.35. The molecule has 22 heavy (non-hydrogen) atoms. The minimum atomic E-state index is -0.182. The van der Waals surface area contributed by atoms with Crippen LogP contribution in [0.4, 0.5) is 4.79 Å². The summed E-state index contributed by atoms with van der Waals surface area (Å²) in [5, 5.41) is 5.65. The third-order valence-corrected chi connectivity index (χ3v) is 3.25. The highest BCUT2D eigenvalue weighted by Gasteiger charge is 2.05. The lowest BCUT2D eigenvalue weighted by atomic mass is 10.1. The van der Waals surface area contributed by atoms with E-state index in [1.54, 1.807) is 13.3 Å². The lowest BCUT2D eigenvalue weighted by Gasteiger charge is -2.09. The van der Waals surface area contributed by atoms with E-state index in [4.69, 9.17) is 4.74 Å². The van der Waals surface area contributed by atoms with Crippen LogP contribution in [0.3, 0.4) is 0 Å². The Balaban J connectivity index is 1.66. The van der Waals surface area contributed by atoms with Crippen LogP contribution in [-0.2, 0) is 13.0 Å². The van der Waals surface area contributed by atoms with Crippen LogP contribution in [0.2, 0.25) is 0 Å². The van der Waals surface area contributed by atoms with Gasteiger partial charge in [0.15, 0.2) is 0 Å². The number of rotatable bonds is 7. The van der Waals surface area contributed by atoms with Crippen molar-refractivity contribution in [3.8, 4) is 5.88 Å². The smallest absolute Gasteiger partial charge is 0.315 e. The summed E-state index contributed by atoms with van der Waals surface area (Å²) < 4.78 is 5.14. The summed E-state index contributed by atoms with van der Waals surface area (Å²) >= 11 is 0. The third kappa shape index (κ3) is 5.09. The second kappa shape index (κ2) is 8.67. The number of ether oxygens (including phenoxy) is 1. The zero-order chi connectivity index (χ0) is 15.6. The number of carbonyl (C=O) groups is 1. The Kier molecular flexibility index (Phi) is 6.23. The minimum absolute atomic E-state index is 0.182. The molecule has 1 aromatic carbocycles. The number of nitrogens with one attached hydrogen (secondary N) is 2. The van der Waals surface area contributed by atoms with Crippen LogP contribution in [0.5, 0.6) is 5.88 Å². The van der Waals surface area contributed by atoms with E-state index in [-0.39, 0.29) is 6.03 Å². The summed E-state index contributed by atoms with van der Waals surface area (Å²) in [4.78, 5) is 15.8. The van der Waals surface area contributed by atoms with Gasteiger partial charge < -0.3 is 15.4 Å². The van der Waals surface area contributed by atoms with Gasteiger partial charge in [-0.2, -0.15) is 0 Å². The van der Waals surface area contributed by atoms with Gasteiger partial charge in [0.2, 0.25) is 5.88 Å². The number of methoxy groups -OCH3 is 1. The number of urea groups is 1. The number of hydrogen-bond donors (Lipinski definition) is 2. The van der Waals surface area contributed by atoms with Gasteiger partial charge in [0, 0.05) is 24.8 Å². The van der Waals surface area contributed by atoms with Crippen molar-refractivity contribution in [3.05, 3.63) is 59.8 Å². The molecule has 0 saturated carbocycles. The fourth-order valence-corrected chi connectivity index (χ4v) is 2.12. The maximum Gasteiger partial charge on any atom is 0.315 e. The van der Waals surface area contributed by atoms with Crippen LogP contribution >= 0.6 is 0 Å². The number of benzene rings is 1. The highest BCUT2D eigenvalue weighted by atomic mass is 16.5. The SMILES string of the molecule is COc1ncccc1CNC(=O)NCCCc1ccccc1.